The number of rotatable bonds is 9. The molecule has 14 N–H and O–H groups in total. The minimum Gasteiger partial charge on any atom is -0.394 e. The first kappa shape index (κ1) is 35.8. The van der Waals surface area contributed by atoms with Gasteiger partial charge in [0.2, 0.25) is 0 Å². The minimum atomic E-state index is -1.93. The van der Waals surface area contributed by atoms with Gasteiger partial charge in [-0.05, 0) is 12.5 Å². The van der Waals surface area contributed by atoms with Gasteiger partial charge in [0.25, 0.3) is 0 Å². The number of hydrogen-bond donors (Lipinski definition) is 14. The van der Waals surface area contributed by atoms with Gasteiger partial charge in [0.1, 0.15) is 79.4 Å². The second kappa shape index (κ2) is 14.8. The third-order valence-corrected chi connectivity index (χ3v) is 8.48. The summed E-state index contributed by atoms with van der Waals surface area (Å²) in [5.74, 6) is 0. The van der Waals surface area contributed by atoms with Crippen LogP contribution in [-0.4, -0.2) is 203 Å². The summed E-state index contributed by atoms with van der Waals surface area (Å²) in [4.78, 5) is 0. The minimum absolute atomic E-state index is 0.0225. The molecule has 19 heteroatoms. The molecule has 0 bridgehead atoms. The molecule has 3 fully saturated rings. The van der Waals surface area contributed by atoms with Crippen molar-refractivity contribution in [3.05, 3.63) is 11.6 Å². The molecule has 8 unspecified atom stereocenters. The molecule has 0 aromatic carbocycles. The molecule has 4 rings (SSSR count). The smallest absolute Gasteiger partial charge is 0.187 e. The highest BCUT2D eigenvalue weighted by molar-refractivity contribution is 5.22. The Morgan fingerprint density at radius 2 is 1.16 bits per heavy atom. The van der Waals surface area contributed by atoms with Crippen molar-refractivity contribution in [1.29, 1.82) is 0 Å². The Hall–Kier alpha value is -1.02. The topological polar surface area (TPSA) is 321 Å². The van der Waals surface area contributed by atoms with Crippen LogP contribution in [0.15, 0.2) is 11.6 Å². The number of nitrogens with one attached hydrogen (secondary N) is 1. The summed E-state index contributed by atoms with van der Waals surface area (Å²) in [6, 6.07) is -2.17. The fourth-order valence-electron chi connectivity index (χ4n) is 5.81. The van der Waals surface area contributed by atoms with E-state index in [2.05, 4.69) is 5.32 Å². The van der Waals surface area contributed by atoms with Crippen LogP contribution in [0.2, 0.25) is 0 Å². The highest BCUT2D eigenvalue weighted by Crippen LogP contribution is 2.32. The normalized spacial score (nSPS) is 52.0. The van der Waals surface area contributed by atoms with Gasteiger partial charge in [0.15, 0.2) is 18.9 Å². The number of aliphatic hydroxyl groups is 13. The predicted molar refractivity (Wildman–Crippen MR) is 138 cm³/mol. The van der Waals surface area contributed by atoms with Crippen LogP contribution in [0, 0.1) is 0 Å². The lowest BCUT2D eigenvalue weighted by atomic mass is 9.86. The van der Waals surface area contributed by atoms with Crippen LogP contribution in [0.1, 0.15) is 6.92 Å². The molecule has 3 aliphatic heterocycles. The van der Waals surface area contributed by atoms with Crippen LogP contribution in [0.4, 0.5) is 0 Å². The van der Waals surface area contributed by atoms with E-state index in [1.165, 1.54) is 13.0 Å². The van der Waals surface area contributed by atoms with E-state index in [0.29, 0.717) is 0 Å². The van der Waals surface area contributed by atoms with Crippen LogP contribution in [0.25, 0.3) is 0 Å². The van der Waals surface area contributed by atoms with E-state index < -0.39 is 136 Å². The van der Waals surface area contributed by atoms with Crippen LogP contribution < -0.4 is 5.32 Å². The lowest BCUT2D eigenvalue weighted by Gasteiger charge is -2.48. The molecule has 0 saturated carbocycles. The van der Waals surface area contributed by atoms with Crippen molar-refractivity contribution >= 4 is 0 Å². The van der Waals surface area contributed by atoms with Gasteiger partial charge in [-0.1, -0.05) is 6.08 Å². The van der Waals surface area contributed by atoms with E-state index in [0.717, 1.165) is 0 Å². The zero-order valence-electron chi connectivity index (χ0n) is 23.5. The van der Waals surface area contributed by atoms with Gasteiger partial charge in [-0.15, -0.1) is 0 Å². The molecule has 0 spiro atoms. The molecular weight excluding hydrogens is 602 g/mol. The average molecular weight is 646 g/mol. The Labute approximate surface area is 250 Å². The standard InChI is InChI=1S/C25H43NO18/c1-6-11(26-8-2-7(3-27)12(30)15(33)13(8)31)14(32)19(37)24(40-6)43-22-10(5-29)42-25(20(38)17(22)35)44-21-9(4-28)41-23(39)18(36)16(21)34/h2,6,8-39H,3-5H2,1H3/t6?,8-,9?,10?,11+,12+,13?,14-,15-,16+,17+,18?,19?,20?,21+,22+,23?,24+,25+/m1/s1. The second-order valence-corrected chi connectivity index (χ2v) is 11.4. The molecule has 3 heterocycles. The summed E-state index contributed by atoms with van der Waals surface area (Å²) in [6.07, 6.45) is -26.6. The highest BCUT2D eigenvalue weighted by atomic mass is 16.7. The quantitative estimate of drug-likeness (QED) is 0.103. The maximum absolute atomic E-state index is 10.9. The summed E-state index contributed by atoms with van der Waals surface area (Å²) in [5.41, 5.74) is 0.0225. The molecule has 4 aliphatic rings. The molecule has 19 nitrogen and oxygen atoms in total. The summed E-state index contributed by atoms with van der Waals surface area (Å²) in [7, 11) is 0. The predicted octanol–water partition coefficient (Wildman–Crippen LogP) is -8.56. The fourth-order valence-corrected chi connectivity index (χ4v) is 5.81. The van der Waals surface area contributed by atoms with E-state index in [1.807, 2.05) is 0 Å². The van der Waals surface area contributed by atoms with Gasteiger partial charge in [0, 0.05) is 0 Å². The number of ether oxygens (including phenoxy) is 5. The van der Waals surface area contributed by atoms with Gasteiger partial charge < -0.3 is 95.4 Å². The third kappa shape index (κ3) is 6.96. The molecule has 0 amide bonds. The zero-order valence-corrected chi connectivity index (χ0v) is 23.5. The monoisotopic (exact) mass is 645 g/mol. The molecule has 0 radical (unpaired) electrons. The van der Waals surface area contributed by atoms with Crippen molar-refractivity contribution in [2.45, 2.75) is 123 Å². The maximum atomic E-state index is 10.9. The van der Waals surface area contributed by atoms with Crippen molar-refractivity contribution in [1.82, 2.24) is 5.32 Å². The highest BCUT2D eigenvalue weighted by Gasteiger charge is 2.53. The molecular formula is C25H43NO18. The number of aliphatic hydroxyl groups excluding tert-OH is 13. The molecule has 256 valence electrons. The lowest BCUT2D eigenvalue weighted by Crippen LogP contribution is -2.68. The molecule has 1 aliphatic carbocycles. The molecule has 3 saturated heterocycles. The Bertz CT molecular complexity index is 958. The van der Waals surface area contributed by atoms with Crippen molar-refractivity contribution < 1.29 is 90.1 Å². The first-order chi connectivity index (χ1) is 20.7. The Morgan fingerprint density at radius 3 is 1.73 bits per heavy atom. The largest absolute Gasteiger partial charge is 0.394 e. The van der Waals surface area contributed by atoms with E-state index >= 15 is 0 Å². The Balaban J connectivity index is 1.42. The summed E-state index contributed by atoms with van der Waals surface area (Å²) in [6.45, 7) is -0.753. The van der Waals surface area contributed by atoms with Crippen molar-refractivity contribution in [3.8, 4) is 0 Å². The van der Waals surface area contributed by atoms with Gasteiger partial charge in [-0.2, -0.15) is 0 Å². The van der Waals surface area contributed by atoms with Crippen LogP contribution >= 0.6 is 0 Å². The van der Waals surface area contributed by atoms with Gasteiger partial charge in [-0.25, -0.2) is 0 Å². The second-order valence-electron chi connectivity index (χ2n) is 11.4. The average Bonchev–Trinajstić information content (AvgIpc) is 3.00. The fraction of sp³-hybridized carbons (Fsp3) is 0.920. The lowest BCUT2D eigenvalue weighted by molar-refractivity contribution is -0.373. The molecule has 0 aromatic rings. The van der Waals surface area contributed by atoms with Crippen LogP contribution in [0.3, 0.4) is 0 Å². The zero-order chi connectivity index (χ0) is 32.6. The van der Waals surface area contributed by atoms with Crippen molar-refractivity contribution in [3.63, 3.8) is 0 Å². The maximum Gasteiger partial charge on any atom is 0.187 e. The van der Waals surface area contributed by atoms with E-state index in [1.54, 1.807) is 0 Å². The molecule has 44 heavy (non-hydrogen) atoms. The summed E-state index contributed by atoms with van der Waals surface area (Å²) < 4.78 is 27.4. The SMILES string of the molecule is CC1O[C@@H](O[C@H]2C(CO)O[C@@H](O[C@H]3C(CO)OC(O)C(O)[C@@H]3O)C(O)[C@@H]2O)C(O)[C@H](O)[C@H]1N[C@@H]1C=C(CO)[C@H](O)[C@@H](O)C1O. The Kier molecular flexibility index (Phi) is 12.1. The third-order valence-electron chi connectivity index (χ3n) is 8.48. The molecule has 19 atom stereocenters. The van der Waals surface area contributed by atoms with Crippen LogP contribution in [-0.2, 0) is 23.7 Å². The molecule has 0 aromatic heterocycles. The first-order valence-electron chi connectivity index (χ1n) is 14.1. The van der Waals surface area contributed by atoms with Gasteiger partial charge in [-0.3, -0.25) is 0 Å². The van der Waals surface area contributed by atoms with Gasteiger partial charge in [0.05, 0.1) is 38.0 Å². The first-order valence-corrected chi connectivity index (χ1v) is 14.1. The summed E-state index contributed by atoms with van der Waals surface area (Å²) >= 11 is 0. The van der Waals surface area contributed by atoms with Crippen molar-refractivity contribution in [2.75, 3.05) is 19.8 Å². The van der Waals surface area contributed by atoms with Crippen molar-refractivity contribution in [2.24, 2.45) is 0 Å². The van der Waals surface area contributed by atoms with E-state index in [9.17, 15) is 66.4 Å². The van der Waals surface area contributed by atoms with Gasteiger partial charge >= 0.3 is 0 Å². The summed E-state index contributed by atoms with van der Waals surface area (Å²) in [5, 5.41) is 136. The Morgan fingerprint density at radius 1 is 0.636 bits per heavy atom. The van der Waals surface area contributed by atoms with Crippen LogP contribution in [0.5, 0.6) is 0 Å². The van der Waals surface area contributed by atoms with E-state index in [-0.39, 0.29) is 5.57 Å². The number of hydrogen-bond acceptors (Lipinski definition) is 19. The van der Waals surface area contributed by atoms with E-state index in [4.69, 9.17) is 23.7 Å².